The number of hydrogen-bond acceptors (Lipinski definition) is 4. The van der Waals surface area contributed by atoms with Crippen molar-refractivity contribution in [1.29, 1.82) is 0 Å². The summed E-state index contributed by atoms with van der Waals surface area (Å²) < 4.78 is 0. The predicted octanol–water partition coefficient (Wildman–Crippen LogP) is 2.52. The highest BCUT2D eigenvalue weighted by atomic mass is 35.5. The number of rotatable bonds is 4. The van der Waals surface area contributed by atoms with Crippen molar-refractivity contribution >= 4 is 18.1 Å². The van der Waals surface area contributed by atoms with Crippen LogP contribution < -0.4 is 5.73 Å². The number of phenolic OH excluding ortho intramolecular Hbond substituents is 1. The lowest BCUT2D eigenvalue weighted by Crippen LogP contribution is -2.13. The number of nitrogens with zero attached hydrogens (tertiary/aromatic N) is 1. The molecule has 0 amide bonds. The summed E-state index contributed by atoms with van der Waals surface area (Å²) in [5.41, 5.74) is 6.35. The first-order valence-corrected chi connectivity index (χ1v) is 5.31. The maximum atomic E-state index is 10.8. The molecule has 6 heteroatoms. The van der Waals surface area contributed by atoms with Gasteiger partial charge in [-0.2, -0.15) is 0 Å². The van der Waals surface area contributed by atoms with Crippen LogP contribution in [0.25, 0.3) is 0 Å². The molecule has 0 aromatic heterocycles. The first-order valence-electron chi connectivity index (χ1n) is 5.31. The highest BCUT2D eigenvalue weighted by Crippen LogP contribution is 2.39. The fourth-order valence-corrected chi connectivity index (χ4v) is 1.84. The zero-order chi connectivity index (χ0) is 11.7. The lowest BCUT2D eigenvalue weighted by atomic mass is 10.00. The number of hydrogen-bond donors (Lipinski definition) is 2. The Morgan fingerprint density at radius 1 is 1.53 bits per heavy atom. The largest absolute Gasteiger partial charge is 0.508 e. The molecule has 1 atom stereocenters. The fourth-order valence-electron chi connectivity index (χ4n) is 1.84. The van der Waals surface area contributed by atoms with Crippen LogP contribution in [-0.2, 0) is 0 Å². The number of benzene rings is 1. The first-order chi connectivity index (χ1) is 7.58. The van der Waals surface area contributed by atoms with Gasteiger partial charge in [0.1, 0.15) is 5.75 Å². The van der Waals surface area contributed by atoms with Gasteiger partial charge in [0.05, 0.1) is 10.5 Å². The van der Waals surface area contributed by atoms with E-state index in [4.69, 9.17) is 5.73 Å². The summed E-state index contributed by atoms with van der Waals surface area (Å²) in [5, 5.41) is 20.1. The average Bonchev–Trinajstić information content (AvgIpc) is 3.01. The molecule has 1 saturated carbocycles. The van der Waals surface area contributed by atoms with E-state index in [1.165, 1.54) is 18.2 Å². The van der Waals surface area contributed by atoms with Gasteiger partial charge in [0.15, 0.2) is 0 Å². The molecular formula is C11H15ClN2O3. The third kappa shape index (κ3) is 3.31. The Labute approximate surface area is 105 Å². The molecule has 5 nitrogen and oxygen atoms in total. The topological polar surface area (TPSA) is 89.4 Å². The summed E-state index contributed by atoms with van der Waals surface area (Å²) in [4.78, 5) is 10.4. The Kier molecular flexibility index (Phi) is 4.31. The Morgan fingerprint density at radius 2 is 2.18 bits per heavy atom. The van der Waals surface area contributed by atoms with Gasteiger partial charge in [-0.3, -0.25) is 10.1 Å². The molecule has 0 spiro atoms. The summed E-state index contributed by atoms with van der Waals surface area (Å²) in [6.07, 6.45) is 3.06. The van der Waals surface area contributed by atoms with Crippen LogP contribution in [0, 0.1) is 16.0 Å². The van der Waals surface area contributed by atoms with Crippen LogP contribution in [0.3, 0.4) is 0 Å². The number of aromatic hydroxyl groups is 1. The third-order valence-electron chi connectivity index (χ3n) is 2.89. The predicted molar refractivity (Wildman–Crippen MR) is 66.3 cm³/mol. The molecule has 0 saturated heterocycles. The van der Waals surface area contributed by atoms with Gasteiger partial charge in [-0.25, -0.2) is 0 Å². The molecule has 1 aliphatic rings. The zero-order valence-corrected chi connectivity index (χ0v) is 10.0. The van der Waals surface area contributed by atoms with Crippen LogP contribution in [0.4, 0.5) is 5.69 Å². The van der Waals surface area contributed by atoms with Crippen molar-refractivity contribution in [2.45, 2.75) is 25.3 Å². The zero-order valence-electron chi connectivity index (χ0n) is 9.20. The molecule has 1 aliphatic carbocycles. The van der Waals surface area contributed by atoms with E-state index in [-0.39, 0.29) is 29.9 Å². The van der Waals surface area contributed by atoms with Crippen molar-refractivity contribution < 1.29 is 10.0 Å². The molecule has 1 aromatic rings. The smallest absolute Gasteiger partial charge is 0.274 e. The van der Waals surface area contributed by atoms with E-state index >= 15 is 0 Å². The molecule has 0 unspecified atom stereocenters. The van der Waals surface area contributed by atoms with Crippen LogP contribution in [0.2, 0.25) is 0 Å². The van der Waals surface area contributed by atoms with E-state index < -0.39 is 4.92 Å². The lowest BCUT2D eigenvalue weighted by molar-refractivity contribution is -0.385. The number of nitrogens with two attached hydrogens (primary N) is 1. The van der Waals surface area contributed by atoms with Gasteiger partial charge in [0, 0.05) is 12.1 Å². The Bertz CT molecular complexity index is 421. The number of halogens is 1. The molecule has 94 valence electrons. The van der Waals surface area contributed by atoms with E-state index in [0.717, 1.165) is 19.3 Å². The van der Waals surface area contributed by atoms with Gasteiger partial charge in [-0.05, 0) is 24.5 Å². The first kappa shape index (κ1) is 13.7. The minimum atomic E-state index is -0.457. The average molecular weight is 259 g/mol. The van der Waals surface area contributed by atoms with Gasteiger partial charge in [-0.1, -0.05) is 12.8 Å². The number of nitro groups is 1. The van der Waals surface area contributed by atoms with Gasteiger partial charge in [0.2, 0.25) is 0 Å². The maximum Gasteiger partial charge on any atom is 0.274 e. The van der Waals surface area contributed by atoms with Crippen LogP contribution in [-0.4, -0.2) is 10.0 Å². The summed E-state index contributed by atoms with van der Waals surface area (Å²) in [6, 6.07) is 3.65. The Morgan fingerprint density at radius 3 is 2.71 bits per heavy atom. The SMILES string of the molecule is Cl.N[C@H](CC1CC1)c1cc(O)ccc1[N+](=O)[O-]. The van der Waals surface area contributed by atoms with Gasteiger partial charge >= 0.3 is 0 Å². The Balaban J connectivity index is 0.00000144. The quantitative estimate of drug-likeness (QED) is 0.641. The fraction of sp³-hybridized carbons (Fsp3) is 0.455. The van der Waals surface area contributed by atoms with Gasteiger partial charge in [0.25, 0.3) is 5.69 Å². The van der Waals surface area contributed by atoms with Crippen LogP contribution >= 0.6 is 12.4 Å². The van der Waals surface area contributed by atoms with Crippen molar-refractivity contribution in [3.63, 3.8) is 0 Å². The van der Waals surface area contributed by atoms with E-state index in [0.29, 0.717) is 11.5 Å². The molecule has 1 aromatic carbocycles. The minimum Gasteiger partial charge on any atom is -0.508 e. The van der Waals surface area contributed by atoms with E-state index in [1.807, 2.05) is 0 Å². The second-order valence-corrected chi connectivity index (χ2v) is 4.29. The van der Waals surface area contributed by atoms with Gasteiger partial charge in [-0.15, -0.1) is 12.4 Å². The maximum absolute atomic E-state index is 10.8. The molecule has 1 fully saturated rings. The monoisotopic (exact) mass is 258 g/mol. The normalized spacial score (nSPS) is 16.1. The second-order valence-electron chi connectivity index (χ2n) is 4.29. The Hall–Kier alpha value is -1.33. The van der Waals surface area contributed by atoms with E-state index in [1.54, 1.807) is 0 Å². The summed E-state index contributed by atoms with van der Waals surface area (Å²) in [6.45, 7) is 0. The summed E-state index contributed by atoms with van der Waals surface area (Å²) in [7, 11) is 0. The molecule has 3 N–H and O–H groups in total. The van der Waals surface area contributed by atoms with Gasteiger partial charge < -0.3 is 10.8 Å². The highest BCUT2D eigenvalue weighted by Gasteiger charge is 2.28. The molecule has 0 radical (unpaired) electrons. The van der Waals surface area contributed by atoms with Crippen molar-refractivity contribution in [3.05, 3.63) is 33.9 Å². The summed E-state index contributed by atoms with van der Waals surface area (Å²) in [5.74, 6) is 0.615. The molecular weight excluding hydrogens is 244 g/mol. The van der Waals surface area contributed by atoms with Crippen LogP contribution in [0.1, 0.15) is 30.9 Å². The minimum absolute atomic E-state index is 0. The van der Waals surface area contributed by atoms with E-state index in [9.17, 15) is 15.2 Å². The molecule has 2 rings (SSSR count). The van der Waals surface area contributed by atoms with Crippen molar-refractivity contribution in [1.82, 2.24) is 0 Å². The standard InChI is InChI=1S/C11H14N2O3.ClH/c12-10(5-7-1-2-7)9-6-8(14)3-4-11(9)13(15)16;/h3-4,6-7,10,14H,1-2,5,12H2;1H/t10-;/m1./s1. The highest BCUT2D eigenvalue weighted by molar-refractivity contribution is 5.85. The molecule has 17 heavy (non-hydrogen) atoms. The van der Waals surface area contributed by atoms with Crippen molar-refractivity contribution in [3.8, 4) is 5.75 Å². The third-order valence-corrected chi connectivity index (χ3v) is 2.89. The van der Waals surface area contributed by atoms with Crippen LogP contribution in [0.5, 0.6) is 5.75 Å². The van der Waals surface area contributed by atoms with E-state index in [2.05, 4.69) is 0 Å². The van der Waals surface area contributed by atoms with Crippen molar-refractivity contribution in [2.75, 3.05) is 0 Å². The van der Waals surface area contributed by atoms with Crippen LogP contribution in [0.15, 0.2) is 18.2 Å². The summed E-state index contributed by atoms with van der Waals surface area (Å²) >= 11 is 0. The van der Waals surface area contributed by atoms with Crippen molar-refractivity contribution in [2.24, 2.45) is 11.7 Å². The second kappa shape index (κ2) is 5.33. The molecule has 0 heterocycles. The number of nitro benzene ring substituents is 1. The lowest BCUT2D eigenvalue weighted by Gasteiger charge is -2.11. The molecule has 0 aliphatic heterocycles. The molecule has 0 bridgehead atoms. The number of phenols is 1.